The van der Waals surface area contributed by atoms with Crippen LogP contribution in [-0.2, 0) is 0 Å². The number of nitrogens with two attached hydrogens (primary N) is 12. The van der Waals surface area contributed by atoms with Crippen molar-refractivity contribution < 1.29 is 56.8 Å². The average Bonchev–Trinajstić information content (AvgIpc) is 0.790. The molecule has 28 aromatic rings. The molecule has 36 nitrogen and oxygen atoms in total. The normalized spacial score (nSPS) is 11.1. The molecule has 0 atom stereocenters. The number of hydrogen-bond donors (Lipinski definition) is 18. The van der Waals surface area contributed by atoms with Gasteiger partial charge in [0, 0.05) is 65.4 Å². The molecule has 28 rings (SSSR count). The van der Waals surface area contributed by atoms with Crippen LogP contribution in [0.25, 0.3) is 130 Å². The van der Waals surface area contributed by atoms with Crippen LogP contribution in [0, 0.1) is 0 Å². The Hall–Kier alpha value is -15.4. The number of aromatic amines is 6. The molecule has 792 valence electrons. The second kappa shape index (κ2) is 58.4. The van der Waals surface area contributed by atoms with E-state index < -0.39 is 33.4 Å². The molecule has 0 unspecified atom stereocenters. The van der Waals surface area contributed by atoms with E-state index in [0.717, 1.165) is 0 Å². The third-order valence-corrected chi connectivity index (χ3v) is 23.8. The van der Waals surface area contributed by atoms with E-state index in [9.17, 15) is 0 Å². The number of ether oxygens (including phenoxy) is 12. The summed E-state index contributed by atoms with van der Waals surface area (Å²) in [5, 5.41) is 6.96. The number of aromatic nitrogens is 6. The van der Waals surface area contributed by atoms with Gasteiger partial charge in [-0.05, 0) is 333 Å². The quantitative estimate of drug-likeness (QED) is 0.0157. The number of hydrogen-bond acceptors (Lipinski definition) is 30. The van der Waals surface area contributed by atoms with Gasteiger partial charge in [0.25, 0.3) is 33.4 Å². The van der Waals surface area contributed by atoms with E-state index in [1.165, 1.54) is 0 Å². The van der Waals surface area contributed by atoms with Crippen LogP contribution >= 0.6 is 0 Å². The zero-order valence-electron chi connectivity index (χ0n) is 84.5. The minimum Gasteiger partial charge on any atom is -0.493 e. The molecule has 36 heteroatoms. The van der Waals surface area contributed by atoms with Gasteiger partial charge in [0.05, 0.1) is 112 Å². The highest BCUT2D eigenvalue weighted by Crippen LogP contribution is 2.40. The highest BCUT2D eigenvalue weighted by Gasteiger charge is 2.21. The van der Waals surface area contributed by atoms with E-state index in [0.29, 0.717) is 214 Å². The summed E-state index contributed by atoms with van der Waals surface area (Å²) in [5.74, 6) is 2.84. The van der Waals surface area contributed by atoms with Gasteiger partial charge in [-0.3, -0.25) is 28.8 Å². The molecule has 16 aromatic heterocycles. The molecule has 0 aliphatic heterocycles. The second-order valence-electron chi connectivity index (χ2n) is 35.2. The van der Waals surface area contributed by atoms with E-state index in [2.05, 4.69) is 29.9 Å². The third-order valence-electron chi connectivity index (χ3n) is 23.8. The SMILES string of the molecule is NCCCOc1cc2c(OCCCN)cc1c(=O)[nH]c1cccc(c1)c1cc(OCCCN)c(cc1OCCCN)c(=O)[nH]c1cccc(c1)c1cc(OCCCN)c(cc1OCCCN)c(=O)[nH]c1cccc(c1)c1cc(OCCCN)c(cc1OCCCN)c(=O)[nH]c1cccc(c1)c1cc(OCCCN)c(cc1OCCCN)c(=O)[nH]c1cccc(c1)c1cc(OCCCN)c(cc1OCCCN)c(=O)[nH]c1cccc2c1. The first-order valence-electron chi connectivity index (χ1n) is 50.9. The number of H-pyrrole nitrogens is 6. The second-order valence-corrected chi connectivity index (χ2v) is 35.2. The first-order chi connectivity index (χ1) is 73.3. The lowest BCUT2D eigenvalue weighted by atomic mass is 10.1. The van der Waals surface area contributed by atoms with Crippen LogP contribution in [0.2, 0.25) is 0 Å². The first kappa shape index (κ1) is 112. The van der Waals surface area contributed by atoms with Crippen LogP contribution in [0.1, 0.15) is 77.0 Å². The predicted octanol–water partition coefficient (Wildman–Crippen LogP) is 12.8. The summed E-state index contributed by atoms with van der Waals surface area (Å²) < 4.78 is 78.3. The Balaban J connectivity index is 1.12. The van der Waals surface area contributed by atoms with Gasteiger partial charge in [0.15, 0.2) is 0 Å². The van der Waals surface area contributed by atoms with Crippen molar-refractivity contribution in [1.29, 1.82) is 0 Å². The lowest BCUT2D eigenvalue weighted by molar-refractivity contribution is 0.310. The van der Waals surface area contributed by atoms with Crippen LogP contribution in [0.5, 0.6) is 69.0 Å². The fraction of sp³-hybridized carbons (Fsp3) is 0.316. The van der Waals surface area contributed by atoms with Crippen molar-refractivity contribution in [3.05, 3.63) is 281 Å². The first-order valence-corrected chi connectivity index (χ1v) is 50.9. The van der Waals surface area contributed by atoms with Crippen molar-refractivity contribution in [1.82, 2.24) is 29.9 Å². The Bertz CT molecular complexity index is 6710. The van der Waals surface area contributed by atoms with Gasteiger partial charge in [-0.1, -0.05) is 72.8 Å². The lowest BCUT2D eigenvalue weighted by Crippen LogP contribution is -2.11. The van der Waals surface area contributed by atoms with Crippen LogP contribution in [0.15, 0.2) is 247 Å². The molecule has 0 radical (unpaired) electrons. The Morgan fingerprint density at radius 3 is 0.367 bits per heavy atom. The van der Waals surface area contributed by atoms with Gasteiger partial charge in [0.1, 0.15) is 69.0 Å². The summed E-state index contributed by atoms with van der Waals surface area (Å²) in [5.41, 5.74) is 71.6. The molecule has 0 saturated carbocycles. The fourth-order valence-electron chi connectivity index (χ4n) is 16.2. The Morgan fingerprint density at radius 2 is 0.253 bits per heavy atom. The van der Waals surface area contributed by atoms with E-state index in [-0.39, 0.29) is 220 Å². The third kappa shape index (κ3) is 30.9. The van der Waals surface area contributed by atoms with Crippen molar-refractivity contribution in [3.63, 3.8) is 0 Å². The van der Waals surface area contributed by atoms with Gasteiger partial charge < -0.3 is 156 Å². The Labute approximate surface area is 865 Å². The predicted molar refractivity (Wildman–Crippen MR) is 602 cm³/mol. The molecule has 0 aliphatic rings. The number of benzene rings is 12. The smallest absolute Gasteiger partial charge is 0.259 e. The molecular formula is C114H138N18O18. The molecule has 16 heterocycles. The van der Waals surface area contributed by atoms with E-state index in [1.807, 2.05) is 36.4 Å². The van der Waals surface area contributed by atoms with Gasteiger partial charge in [-0.15, -0.1) is 0 Å². The molecule has 0 aliphatic carbocycles. The topological polar surface area (TPSA) is 620 Å². The molecule has 30 N–H and O–H groups in total. The summed E-state index contributed by atoms with van der Waals surface area (Å²) in [6.45, 7) is 5.11. The highest BCUT2D eigenvalue weighted by atomic mass is 16.5. The number of nitrogens with one attached hydrogen (secondary N) is 6. The molecule has 12 aromatic carbocycles. The minimum atomic E-state index is -0.574. The van der Waals surface area contributed by atoms with Crippen molar-refractivity contribution in [2.75, 3.05) is 158 Å². The monoisotopic (exact) mass is 2050 g/mol. The average molecular weight is 2050 g/mol. The van der Waals surface area contributed by atoms with Crippen LogP contribution < -0.4 is 159 Å². The fourth-order valence-corrected chi connectivity index (χ4v) is 16.2. The van der Waals surface area contributed by atoms with Crippen molar-refractivity contribution in [2.24, 2.45) is 68.8 Å². The van der Waals surface area contributed by atoms with E-state index in [4.69, 9.17) is 126 Å². The maximum atomic E-state index is 15.3. The molecule has 24 bridgehead atoms. The summed E-state index contributed by atoms with van der Waals surface area (Å²) in [7, 11) is 0. The summed E-state index contributed by atoms with van der Waals surface area (Å²) >= 11 is 0. The zero-order chi connectivity index (χ0) is 106. The molecule has 0 fully saturated rings. The van der Waals surface area contributed by atoms with Gasteiger partial charge in [-0.25, -0.2) is 0 Å². The lowest BCUT2D eigenvalue weighted by Gasteiger charge is -2.13. The van der Waals surface area contributed by atoms with Crippen molar-refractivity contribution >= 4 is 130 Å². The summed E-state index contributed by atoms with van der Waals surface area (Å²) in [6.07, 6.45) is 5.26. The molecular weight excluding hydrogens is 1910 g/mol. The van der Waals surface area contributed by atoms with Crippen molar-refractivity contribution in [2.45, 2.75) is 77.0 Å². The van der Waals surface area contributed by atoms with E-state index in [1.54, 1.807) is 182 Å². The van der Waals surface area contributed by atoms with Crippen LogP contribution in [0.3, 0.4) is 0 Å². The van der Waals surface area contributed by atoms with E-state index >= 15 is 28.8 Å². The maximum absolute atomic E-state index is 15.3. The van der Waals surface area contributed by atoms with Gasteiger partial charge in [-0.2, -0.15) is 0 Å². The molecule has 0 spiro atoms. The largest absolute Gasteiger partial charge is 0.493 e. The summed E-state index contributed by atoms with van der Waals surface area (Å²) in [6, 6.07) is 62.4. The standard InChI is InChI=1S/C114H138N18O18/c115-31-7-43-139-97-67-92-103(145-49-13-37-121)61-85(97)73-19-1-25-79(55-73)127-109(133)91-68-98(140-44-8-32-116)86(62-104(91)146-50-14-38-122)74-20-2-27-81(56-74)129-111(135)93-70-100(142-46-10-34-118)88(64-106(93)148-52-16-40-124)76-22-4-29-83(58-76)131-113(137)95-72-102(144-48-12-36-120)90(66-108(95)150-54-18-42-126)78-24-6-30-84(60-78)132-114(138)96-71-101(143-47-11-35-119)89(65-107(96)149-53-17-41-125)77-23-5-28-82(59-77)130-112(136)94-69-99(141-45-9-33-117)87(63-105(94)147-51-15-39-123)75-21-3-26-80(57-75)128-110(92)134/h1-6,19-30,55-72H,7-18,31-54,115-126H2,(H,127,133)(H,128,134)(H,129,135)(H,130,136)(H,131,137)(H,132,138). The Morgan fingerprint density at radius 1 is 0.147 bits per heavy atom. The van der Waals surface area contributed by atoms with Crippen LogP contribution in [0.4, 0.5) is 0 Å². The maximum Gasteiger partial charge on any atom is 0.259 e. The number of rotatable bonds is 48. The molecule has 150 heavy (non-hydrogen) atoms. The molecule has 0 saturated heterocycles. The minimum absolute atomic E-state index is 0.104. The highest BCUT2D eigenvalue weighted by molar-refractivity contribution is 6.00. The van der Waals surface area contributed by atoms with Crippen LogP contribution in [-0.4, -0.2) is 188 Å². The summed E-state index contributed by atoms with van der Waals surface area (Å²) in [4.78, 5) is 110. The van der Waals surface area contributed by atoms with Gasteiger partial charge in [0.2, 0.25) is 0 Å². The van der Waals surface area contributed by atoms with Gasteiger partial charge >= 0.3 is 0 Å². The van der Waals surface area contributed by atoms with Crippen molar-refractivity contribution in [3.8, 4) is 69.0 Å². The molecule has 0 amide bonds. The Kier molecular flexibility index (Phi) is 43.5. The zero-order valence-corrected chi connectivity index (χ0v) is 84.5.